The molecule has 0 fully saturated rings. The van der Waals surface area contributed by atoms with Crippen LogP contribution in [0, 0.1) is 11.3 Å². The van der Waals surface area contributed by atoms with E-state index in [9.17, 15) is 8.42 Å². The second-order valence-electron chi connectivity index (χ2n) is 5.32. The highest BCUT2D eigenvalue weighted by Gasteiger charge is 2.21. The number of hydrogen-bond donors (Lipinski definition) is 1. The molecule has 1 heterocycles. The van der Waals surface area contributed by atoms with Crippen molar-refractivity contribution in [2.75, 3.05) is 11.4 Å². The summed E-state index contributed by atoms with van der Waals surface area (Å²) in [4.78, 5) is 2.33. The summed E-state index contributed by atoms with van der Waals surface area (Å²) in [5.74, 6) is 0. The van der Waals surface area contributed by atoms with Crippen molar-refractivity contribution < 1.29 is 8.42 Å². The lowest BCUT2D eigenvalue weighted by atomic mass is 10.1. The Kier molecular flexibility index (Phi) is 3.61. The van der Waals surface area contributed by atoms with E-state index in [-0.39, 0.29) is 4.90 Å². The molecule has 0 atom stereocenters. The molecule has 0 spiro atoms. The molecule has 112 valence electrons. The van der Waals surface area contributed by atoms with Crippen LogP contribution in [0.4, 0.5) is 5.69 Å². The minimum absolute atomic E-state index is 0.152. The van der Waals surface area contributed by atoms with Gasteiger partial charge in [-0.25, -0.2) is 13.6 Å². The Balaban J connectivity index is 1.87. The Morgan fingerprint density at radius 2 is 2.05 bits per heavy atom. The van der Waals surface area contributed by atoms with Crippen LogP contribution in [-0.4, -0.2) is 15.0 Å². The first-order valence-electron chi connectivity index (χ1n) is 6.87. The van der Waals surface area contributed by atoms with Crippen LogP contribution < -0.4 is 10.0 Å². The van der Waals surface area contributed by atoms with Gasteiger partial charge in [0, 0.05) is 18.8 Å². The summed E-state index contributed by atoms with van der Waals surface area (Å²) >= 11 is 0. The second-order valence-corrected chi connectivity index (χ2v) is 6.88. The van der Waals surface area contributed by atoms with E-state index in [1.165, 1.54) is 6.07 Å². The highest BCUT2D eigenvalue weighted by molar-refractivity contribution is 7.89. The minimum atomic E-state index is -3.66. The average molecular weight is 313 g/mol. The van der Waals surface area contributed by atoms with Gasteiger partial charge in [-0.2, -0.15) is 5.26 Å². The highest BCUT2D eigenvalue weighted by atomic mass is 32.2. The SMILES string of the molecule is N#Cc1cccc(CN2CCc3cc(S(N)(=O)=O)ccc32)c1. The maximum Gasteiger partial charge on any atom is 0.238 e. The molecule has 0 saturated heterocycles. The van der Waals surface area contributed by atoms with Crippen LogP contribution in [0.2, 0.25) is 0 Å². The maximum absolute atomic E-state index is 11.4. The summed E-state index contributed by atoms with van der Waals surface area (Å²) in [7, 11) is -3.66. The van der Waals surface area contributed by atoms with Crippen molar-refractivity contribution in [1.29, 1.82) is 5.26 Å². The predicted molar refractivity (Wildman–Crippen MR) is 83.7 cm³/mol. The van der Waals surface area contributed by atoms with Crippen LogP contribution in [0.5, 0.6) is 0 Å². The molecule has 0 radical (unpaired) electrons. The summed E-state index contributed by atoms with van der Waals surface area (Å²) < 4.78 is 22.8. The Hall–Kier alpha value is -2.36. The Bertz CT molecular complexity index is 869. The molecular weight excluding hydrogens is 298 g/mol. The fraction of sp³-hybridized carbons (Fsp3) is 0.188. The lowest BCUT2D eigenvalue weighted by Crippen LogP contribution is -2.19. The highest BCUT2D eigenvalue weighted by Crippen LogP contribution is 2.31. The smallest absolute Gasteiger partial charge is 0.238 e. The summed E-state index contributed by atoms with van der Waals surface area (Å²) in [5, 5.41) is 14.1. The van der Waals surface area contributed by atoms with Gasteiger partial charge in [-0.15, -0.1) is 0 Å². The minimum Gasteiger partial charge on any atom is -0.367 e. The third-order valence-corrected chi connectivity index (χ3v) is 4.71. The molecule has 6 heteroatoms. The molecule has 3 rings (SSSR count). The van der Waals surface area contributed by atoms with E-state index in [1.54, 1.807) is 18.2 Å². The van der Waals surface area contributed by atoms with E-state index >= 15 is 0 Å². The molecule has 22 heavy (non-hydrogen) atoms. The number of nitriles is 1. The van der Waals surface area contributed by atoms with Gasteiger partial charge in [-0.1, -0.05) is 12.1 Å². The molecule has 0 saturated carbocycles. The zero-order valence-corrected chi connectivity index (χ0v) is 12.7. The summed E-state index contributed by atoms with van der Waals surface area (Å²) in [6.45, 7) is 1.51. The van der Waals surface area contributed by atoms with E-state index in [2.05, 4.69) is 11.0 Å². The lowest BCUT2D eigenvalue weighted by molar-refractivity contribution is 0.597. The van der Waals surface area contributed by atoms with Gasteiger partial charge >= 0.3 is 0 Å². The molecule has 2 N–H and O–H groups in total. The quantitative estimate of drug-likeness (QED) is 0.935. The second kappa shape index (κ2) is 5.44. The Morgan fingerprint density at radius 1 is 1.23 bits per heavy atom. The number of fused-ring (bicyclic) bond motifs is 1. The summed E-state index contributed by atoms with van der Waals surface area (Å²) in [5.41, 5.74) is 3.71. The summed E-state index contributed by atoms with van der Waals surface area (Å²) in [6.07, 6.45) is 0.788. The van der Waals surface area contributed by atoms with E-state index in [4.69, 9.17) is 10.4 Å². The number of primary sulfonamides is 1. The fourth-order valence-electron chi connectivity index (χ4n) is 2.75. The van der Waals surface area contributed by atoms with Crippen LogP contribution in [0.25, 0.3) is 0 Å². The van der Waals surface area contributed by atoms with Gasteiger partial charge in [0.15, 0.2) is 0 Å². The third-order valence-electron chi connectivity index (χ3n) is 3.80. The van der Waals surface area contributed by atoms with Crippen LogP contribution in [-0.2, 0) is 23.0 Å². The maximum atomic E-state index is 11.4. The molecular formula is C16H15N3O2S. The van der Waals surface area contributed by atoms with Gasteiger partial charge in [0.1, 0.15) is 0 Å². The number of nitrogens with zero attached hydrogens (tertiary/aromatic N) is 2. The van der Waals surface area contributed by atoms with Crippen molar-refractivity contribution in [1.82, 2.24) is 0 Å². The third kappa shape index (κ3) is 2.82. The van der Waals surface area contributed by atoms with Crippen LogP contribution in [0.1, 0.15) is 16.7 Å². The van der Waals surface area contributed by atoms with E-state index < -0.39 is 10.0 Å². The first-order chi connectivity index (χ1) is 10.5. The van der Waals surface area contributed by atoms with E-state index in [0.29, 0.717) is 12.1 Å². The van der Waals surface area contributed by atoms with Crippen molar-refractivity contribution in [3.8, 4) is 6.07 Å². The number of nitrogens with two attached hydrogens (primary N) is 1. The monoisotopic (exact) mass is 313 g/mol. The molecule has 0 aliphatic carbocycles. The van der Waals surface area contributed by atoms with Crippen molar-refractivity contribution >= 4 is 15.7 Å². The van der Waals surface area contributed by atoms with Gasteiger partial charge in [0.05, 0.1) is 16.5 Å². The number of rotatable bonds is 3. The first kappa shape index (κ1) is 14.6. The Morgan fingerprint density at radius 3 is 2.77 bits per heavy atom. The first-order valence-corrected chi connectivity index (χ1v) is 8.42. The van der Waals surface area contributed by atoms with Crippen molar-refractivity contribution in [3.63, 3.8) is 0 Å². The van der Waals surface area contributed by atoms with Crippen molar-refractivity contribution in [2.45, 2.75) is 17.9 Å². The van der Waals surface area contributed by atoms with Gasteiger partial charge in [0.25, 0.3) is 0 Å². The normalized spacial score (nSPS) is 13.7. The number of hydrogen-bond acceptors (Lipinski definition) is 4. The molecule has 1 aliphatic rings. The zero-order chi connectivity index (χ0) is 15.7. The summed E-state index contributed by atoms with van der Waals surface area (Å²) in [6, 6.07) is 14.6. The van der Waals surface area contributed by atoms with Gasteiger partial charge in [-0.3, -0.25) is 0 Å². The molecule has 0 aromatic heterocycles. The largest absolute Gasteiger partial charge is 0.367 e. The van der Waals surface area contributed by atoms with Crippen LogP contribution in [0.3, 0.4) is 0 Å². The number of sulfonamides is 1. The van der Waals surface area contributed by atoms with Crippen molar-refractivity contribution in [2.24, 2.45) is 5.14 Å². The van der Waals surface area contributed by atoms with Gasteiger partial charge in [-0.05, 0) is 47.9 Å². The molecule has 0 unspecified atom stereocenters. The topological polar surface area (TPSA) is 87.2 Å². The molecule has 0 amide bonds. The molecule has 2 aromatic carbocycles. The lowest BCUT2D eigenvalue weighted by Gasteiger charge is -2.19. The number of anilines is 1. The molecule has 0 bridgehead atoms. The van der Waals surface area contributed by atoms with Gasteiger partial charge in [0.2, 0.25) is 10.0 Å². The van der Waals surface area contributed by atoms with Crippen LogP contribution in [0.15, 0.2) is 47.4 Å². The predicted octanol–water partition coefficient (Wildman–Crippen LogP) is 1.77. The zero-order valence-electron chi connectivity index (χ0n) is 11.9. The number of benzene rings is 2. The Labute approximate surface area is 129 Å². The molecule has 1 aliphatic heterocycles. The standard InChI is InChI=1S/C16H15N3O2S/c17-10-12-2-1-3-13(8-12)11-19-7-6-14-9-15(22(18,20)21)4-5-16(14)19/h1-5,8-9H,6-7,11H2,(H2,18,20,21). The van der Waals surface area contributed by atoms with Crippen LogP contribution >= 0.6 is 0 Å². The molecule has 2 aromatic rings. The van der Waals surface area contributed by atoms with E-state index in [0.717, 1.165) is 29.8 Å². The fourth-order valence-corrected chi connectivity index (χ4v) is 3.31. The average Bonchev–Trinajstić information content (AvgIpc) is 2.89. The van der Waals surface area contributed by atoms with E-state index in [1.807, 2.05) is 18.2 Å². The van der Waals surface area contributed by atoms with Gasteiger partial charge < -0.3 is 4.90 Å². The molecule has 5 nitrogen and oxygen atoms in total. The van der Waals surface area contributed by atoms with Crippen molar-refractivity contribution in [3.05, 3.63) is 59.2 Å².